The zero-order chi connectivity index (χ0) is 35.9. The lowest BCUT2D eigenvalue weighted by Crippen LogP contribution is -2.57. The van der Waals surface area contributed by atoms with Crippen LogP contribution in [-0.4, -0.2) is 69.8 Å². The molecule has 8 N–H and O–H groups in total. The van der Waals surface area contributed by atoms with Crippen LogP contribution in [0.15, 0.2) is 11.8 Å². The number of allylic oxidation sites excluding steroid dienone is 1. The number of nitrogens with two attached hydrogens (primary N) is 1. The van der Waals surface area contributed by atoms with E-state index in [-0.39, 0.29) is 25.2 Å². The van der Waals surface area contributed by atoms with Gasteiger partial charge in [0.1, 0.15) is 23.8 Å². The number of rotatable bonds is 25. The fraction of sp³-hybridized carbons (Fsp3) is 0.735. The summed E-state index contributed by atoms with van der Waals surface area (Å²) in [7, 11) is 0. The average Bonchev–Trinajstić information content (AvgIpc) is 3.02. The van der Waals surface area contributed by atoms with E-state index in [9.17, 15) is 43.8 Å². The molecule has 272 valence electrons. The minimum Gasteiger partial charge on any atom is -0.481 e. The Morgan fingerprint density at radius 2 is 1.31 bits per heavy atom. The van der Waals surface area contributed by atoms with Crippen molar-refractivity contribution in [2.45, 2.75) is 154 Å². The average molecular weight is 680 g/mol. The third-order valence-corrected chi connectivity index (χ3v) is 8.46. The maximum absolute atomic E-state index is 13.6. The highest BCUT2D eigenvalue weighted by Crippen LogP contribution is 2.27. The molecule has 0 saturated heterocycles. The Morgan fingerprint density at radius 3 is 1.85 bits per heavy atom. The van der Waals surface area contributed by atoms with Gasteiger partial charge in [0.2, 0.25) is 29.5 Å². The lowest BCUT2D eigenvalue weighted by atomic mass is 9.84. The third kappa shape index (κ3) is 19.0. The lowest BCUT2D eigenvalue weighted by molar-refractivity contribution is -0.141. The first kappa shape index (κ1) is 42.1. The number of unbranched alkanes of at least 4 members (excludes halogenated alkanes) is 9. The van der Waals surface area contributed by atoms with Crippen molar-refractivity contribution in [2.24, 2.45) is 11.7 Å². The van der Waals surface area contributed by atoms with E-state index >= 15 is 0 Å². The molecular formula is C34H57N5O9. The van der Waals surface area contributed by atoms with Crippen molar-refractivity contribution in [3.63, 3.8) is 0 Å². The van der Waals surface area contributed by atoms with E-state index < -0.39 is 71.7 Å². The van der Waals surface area contributed by atoms with Crippen molar-refractivity contribution in [3.8, 4) is 0 Å². The molecule has 14 heteroatoms. The molecule has 0 spiro atoms. The molecule has 1 aliphatic carbocycles. The van der Waals surface area contributed by atoms with E-state index in [1.165, 1.54) is 45.1 Å². The highest BCUT2D eigenvalue weighted by atomic mass is 16.4. The molecule has 1 rings (SSSR count). The highest BCUT2D eigenvalue weighted by Gasteiger charge is 2.33. The zero-order valence-electron chi connectivity index (χ0n) is 28.7. The quantitative estimate of drug-likeness (QED) is 0.0554. The van der Waals surface area contributed by atoms with E-state index in [2.05, 4.69) is 28.2 Å². The Hall–Kier alpha value is -3.97. The number of carboxylic acid groups (broad SMARTS) is 2. The maximum atomic E-state index is 13.6. The summed E-state index contributed by atoms with van der Waals surface area (Å²) in [6.45, 7) is 3.37. The predicted molar refractivity (Wildman–Crippen MR) is 179 cm³/mol. The molecule has 5 amide bonds. The fourth-order valence-corrected chi connectivity index (χ4v) is 5.83. The number of primary amides is 1. The molecule has 0 bridgehead atoms. The molecule has 0 aromatic rings. The normalized spacial score (nSPS) is 15.4. The first-order valence-electron chi connectivity index (χ1n) is 17.5. The molecule has 1 fully saturated rings. The van der Waals surface area contributed by atoms with Crippen LogP contribution in [0.5, 0.6) is 0 Å². The second kappa shape index (κ2) is 24.2. The van der Waals surface area contributed by atoms with Crippen LogP contribution in [0.4, 0.5) is 0 Å². The van der Waals surface area contributed by atoms with Gasteiger partial charge in [0.25, 0.3) is 0 Å². The summed E-state index contributed by atoms with van der Waals surface area (Å²) in [5.41, 5.74) is 4.80. The molecule has 1 aliphatic rings. The van der Waals surface area contributed by atoms with Gasteiger partial charge in [-0.1, -0.05) is 96.5 Å². The number of carbonyl (C=O) groups is 7. The third-order valence-electron chi connectivity index (χ3n) is 8.46. The molecule has 3 atom stereocenters. The number of carboxylic acids is 2. The summed E-state index contributed by atoms with van der Waals surface area (Å²) in [5, 5.41) is 28.9. The number of amides is 5. The molecule has 0 heterocycles. The van der Waals surface area contributed by atoms with Gasteiger partial charge in [-0.25, -0.2) is 4.79 Å². The van der Waals surface area contributed by atoms with Crippen molar-refractivity contribution < 1.29 is 43.8 Å². The van der Waals surface area contributed by atoms with Gasteiger partial charge in [-0.15, -0.1) is 0 Å². The van der Waals surface area contributed by atoms with Crippen molar-refractivity contribution in [1.82, 2.24) is 21.3 Å². The summed E-state index contributed by atoms with van der Waals surface area (Å²) in [5.74, 6) is -6.55. The number of hydrogen-bond donors (Lipinski definition) is 7. The Bertz CT molecular complexity index is 1100. The molecule has 0 aromatic carbocycles. The van der Waals surface area contributed by atoms with E-state index in [1.807, 2.05) is 0 Å². The van der Waals surface area contributed by atoms with Gasteiger partial charge < -0.3 is 37.2 Å². The van der Waals surface area contributed by atoms with Gasteiger partial charge >= 0.3 is 11.9 Å². The smallest absolute Gasteiger partial charge is 0.352 e. The predicted octanol–water partition coefficient (Wildman–Crippen LogP) is 3.18. The van der Waals surface area contributed by atoms with Crippen LogP contribution >= 0.6 is 0 Å². The van der Waals surface area contributed by atoms with E-state index in [1.54, 1.807) is 0 Å². The largest absolute Gasteiger partial charge is 0.481 e. The molecule has 48 heavy (non-hydrogen) atoms. The van der Waals surface area contributed by atoms with E-state index in [0.717, 1.165) is 57.8 Å². The molecule has 1 saturated carbocycles. The maximum Gasteiger partial charge on any atom is 0.352 e. The fourth-order valence-electron chi connectivity index (χ4n) is 5.83. The Labute approximate surface area is 283 Å². The Balaban J connectivity index is 2.99. The second-order valence-corrected chi connectivity index (χ2v) is 12.7. The van der Waals surface area contributed by atoms with Crippen molar-refractivity contribution in [1.29, 1.82) is 0 Å². The Kier molecular flexibility index (Phi) is 21.2. The monoisotopic (exact) mass is 679 g/mol. The SMILES string of the molecule is CCCCCCCCCCC/C=C(/NC(=O)C(CC(=O)O)NC(=O)C(CC1CCCCC1)NC(=O)C(CCC(N)=O)NC(C)=O)C(=O)O. The molecule has 0 aliphatic heterocycles. The number of nitrogens with one attached hydrogen (secondary N) is 4. The van der Waals surface area contributed by atoms with Gasteiger partial charge in [-0.2, -0.15) is 0 Å². The van der Waals surface area contributed by atoms with Gasteiger partial charge in [0, 0.05) is 13.3 Å². The van der Waals surface area contributed by atoms with Crippen molar-refractivity contribution in [2.75, 3.05) is 0 Å². The van der Waals surface area contributed by atoms with E-state index in [0.29, 0.717) is 6.42 Å². The molecule has 3 unspecified atom stereocenters. The van der Waals surface area contributed by atoms with E-state index in [4.69, 9.17) is 5.73 Å². The summed E-state index contributed by atoms with van der Waals surface area (Å²) in [4.78, 5) is 86.5. The molecular weight excluding hydrogens is 622 g/mol. The zero-order valence-corrected chi connectivity index (χ0v) is 28.7. The van der Waals surface area contributed by atoms with Gasteiger partial charge in [-0.05, 0) is 31.6 Å². The van der Waals surface area contributed by atoms with Crippen LogP contribution in [-0.2, 0) is 33.6 Å². The second-order valence-electron chi connectivity index (χ2n) is 12.7. The topological polar surface area (TPSA) is 234 Å². The highest BCUT2D eigenvalue weighted by molar-refractivity contribution is 5.98. The summed E-state index contributed by atoms with van der Waals surface area (Å²) in [6.07, 6.45) is 15.2. The molecule has 0 aromatic heterocycles. The number of hydrogen-bond acceptors (Lipinski definition) is 7. The summed E-state index contributed by atoms with van der Waals surface area (Å²) < 4.78 is 0. The van der Waals surface area contributed by atoms with Crippen molar-refractivity contribution >= 4 is 41.5 Å². The van der Waals surface area contributed by atoms with Crippen LogP contribution in [0, 0.1) is 5.92 Å². The van der Waals surface area contributed by atoms with Gasteiger partial charge in [0.05, 0.1) is 6.42 Å². The minimum atomic E-state index is -1.64. The summed E-state index contributed by atoms with van der Waals surface area (Å²) >= 11 is 0. The van der Waals surface area contributed by atoms with Crippen molar-refractivity contribution in [3.05, 3.63) is 11.8 Å². The number of aliphatic carboxylic acids is 2. The minimum absolute atomic E-state index is 0.0639. The first-order valence-corrected chi connectivity index (χ1v) is 17.5. The summed E-state index contributed by atoms with van der Waals surface area (Å²) in [6, 6.07) is -4.00. The molecule has 14 nitrogen and oxygen atoms in total. The first-order chi connectivity index (χ1) is 22.8. The van der Waals surface area contributed by atoms with Crippen LogP contribution in [0.25, 0.3) is 0 Å². The molecule has 0 radical (unpaired) electrons. The van der Waals surface area contributed by atoms with Crippen LogP contribution in [0.3, 0.4) is 0 Å². The number of carbonyl (C=O) groups excluding carboxylic acids is 5. The van der Waals surface area contributed by atoms with Gasteiger partial charge in [0.15, 0.2) is 0 Å². The standard InChI is InChI=1S/C34H57N5O9/c1-3-4-5-6-7-8-9-10-11-15-18-26(34(47)48)37-33(46)28(22-30(42)43)39-32(45)27(21-24-16-13-12-14-17-24)38-31(44)25(36-23(2)40)19-20-29(35)41/h18,24-25,27-28H,3-17,19-22H2,1-2H3,(H2,35,41)(H,36,40)(H,37,46)(H,38,44)(H,39,45)(H,42,43)(H,47,48)/b26-18+. The van der Waals surface area contributed by atoms with Crippen LogP contribution < -0.4 is 27.0 Å². The lowest BCUT2D eigenvalue weighted by Gasteiger charge is -2.29. The van der Waals surface area contributed by atoms with Gasteiger partial charge in [-0.3, -0.25) is 28.8 Å². The van der Waals surface area contributed by atoms with Crippen LogP contribution in [0.2, 0.25) is 0 Å². The Morgan fingerprint density at radius 1 is 0.750 bits per heavy atom. The van der Waals surface area contributed by atoms with Crippen LogP contribution in [0.1, 0.15) is 136 Å².